The van der Waals surface area contributed by atoms with E-state index in [1.54, 1.807) is 24.3 Å². The molecule has 1 N–H and O–H groups in total. The minimum absolute atomic E-state index is 0.00947. The molecule has 21 heavy (non-hydrogen) atoms. The van der Waals surface area contributed by atoms with E-state index < -0.39 is 16.8 Å². The highest BCUT2D eigenvalue weighted by Gasteiger charge is 2.14. The van der Waals surface area contributed by atoms with Crippen LogP contribution >= 0.6 is 15.9 Å². The summed E-state index contributed by atoms with van der Waals surface area (Å²) in [5, 5.41) is 8.72. The number of aromatic carboxylic acids is 1. The van der Waals surface area contributed by atoms with Crippen molar-refractivity contribution >= 4 is 38.5 Å². The van der Waals surface area contributed by atoms with Crippen LogP contribution in [0.2, 0.25) is 0 Å². The number of benzene rings is 1. The van der Waals surface area contributed by atoms with E-state index in [-0.39, 0.29) is 28.8 Å². The molecular weight excluding hydrogens is 360 g/mol. The molecule has 1 atom stereocenters. The molecule has 2 aromatic rings. The van der Waals surface area contributed by atoms with Gasteiger partial charge < -0.3 is 9.52 Å². The summed E-state index contributed by atoms with van der Waals surface area (Å²) in [6.07, 6.45) is 0. The van der Waals surface area contributed by atoms with Crippen molar-refractivity contribution in [2.45, 2.75) is 5.75 Å². The van der Waals surface area contributed by atoms with Crippen LogP contribution in [-0.2, 0) is 16.6 Å². The number of rotatable bonds is 6. The predicted octanol–water partition coefficient (Wildman–Crippen LogP) is 2.87. The molecule has 1 aromatic heterocycles. The quantitative estimate of drug-likeness (QED) is 0.790. The van der Waals surface area contributed by atoms with E-state index in [4.69, 9.17) is 9.52 Å². The summed E-state index contributed by atoms with van der Waals surface area (Å²) in [7, 11) is -1.45. The molecule has 0 aliphatic carbocycles. The summed E-state index contributed by atoms with van der Waals surface area (Å²) in [5.74, 6) is -1.46. The van der Waals surface area contributed by atoms with Crippen LogP contribution in [0.4, 0.5) is 0 Å². The molecule has 0 radical (unpaired) electrons. The number of Topliss-reactive ketones (excluding diaryl/α,β-unsaturated/α-hetero) is 1. The average molecular weight is 371 g/mol. The molecule has 0 spiro atoms. The Hall–Kier alpha value is -1.73. The number of halogens is 1. The molecule has 0 aliphatic heterocycles. The fourth-order valence-corrected chi connectivity index (χ4v) is 2.94. The highest BCUT2D eigenvalue weighted by molar-refractivity contribution is 9.10. The maximum absolute atomic E-state index is 11.9. The van der Waals surface area contributed by atoms with E-state index >= 15 is 0 Å². The van der Waals surface area contributed by atoms with E-state index in [9.17, 15) is 13.8 Å². The first-order valence-electron chi connectivity index (χ1n) is 5.91. The number of carboxylic acids is 1. The molecule has 0 amide bonds. The lowest BCUT2D eigenvalue weighted by atomic mass is 10.2. The van der Waals surface area contributed by atoms with Crippen LogP contribution in [-0.4, -0.2) is 26.8 Å². The lowest BCUT2D eigenvalue weighted by Gasteiger charge is -2.01. The van der Waals surface area contributed by atoms with Gasteiger partial charge in [0.1, 0.15) is 5.76 Å². The van der Waals surface area contributed by atoms with Gasteiger partial charge in [0, 0.05) is 20.8 Å². The zero-order valence-electron chi connectivity index (χ0n) is 10.7. The second kappa shape index (κ2) is 6.82. The summed E-state index contributed by atoms with van der Waals surface area (Å²) in [4.78, 5) is 22.6. The Balaban J connectivity index is 1.96. The molecule has 0 aliphatic rings. The number of carbonyl (C=O) groups is 2. The van der Waals surface area contributed by atoms with Crippen molar-refractivity contribution in [3.63, 3.8) is 0 Å². The van der Waals surface area contributed by atoms with Crippen molar-refractivity contribution in [1.82, 2.24) is 0 Å². The molecule has 7 heteroatoms. The second-order valence-electron chi connectivity index (χ2n) is 4.23. The Morgan fingerprint density at radius 1 is 1.14 bits per heavy atom. The van der Waals surface area contributed by atoms with Gasteiger partial charge in [-0.2, -0.15) is 0 Å². The molecule has 2 rings (SSSR count). The molecule has 0 saturated carbocycles. The number of carbonyl (C=O) groups excluding carboxylic acids is 1. The van der Waals surface area contributed by atoms with Crippen LogP contribution in [0.25, 0.3) is 0 Å². The summed E-state index contributed by atoms with van der Waals surface area (Å²) < 4.78 is 17.8. The van der Waals surface area contributed by atoms with Gasteiger partial charge in [0.05, 0.1) is 11.5 Å². The van der Waals surface area contributed by atoms with Crippen LogP contribution in [0.1, 0.15) is 26.7 Å². The summed E-state index contributed by atoms with van der Waals surface area (Å²) in [5.41, 5.74) is 0.484. The van der Waals surface area contributed by atoms with Crippen molar-refractivity contribution < 1.29 is 23.3 Å². The second-order valence-corrected chi connectivity index (χ2v) is 6.60. The fraction of sp³-hybridized carbons (Fsp3) is 0.143. The van der Waals surface area contributed by atoms with Gasteiger partial charge in [-0.25, -0.2) is 4.79 Å². The molecule has 110 valence electrons. The zero-order valence-corrected chi connectivity index (χ0v) is 13.1. The number of ketones is 1. The third-order valence-corrected chi connectivity index (χ3v) is 4.35. The van der Waals surface area contributed by atoms with Gasteiger partial charge in [-0.05, 0) is 24.3 Å². The lowest BCUT2D eigenvalue weighted by molar-refractivity contribution is 0.0660. The molecule has 5 nitrogen and oxygen atoms in total. The van der Waals surface area contributed by atoms with Crippen LogP contribution in [0, 0.1) is 0 Å². The first-order chi connectivity index (χ1) is 9.95. The topological polar surface area (TPSA) is 84.6 Å². The monoisotopic (exact) mass is 370 g/mol. The summed E-state index contributed by atoms with van der Waals surface area (Å²) in [6.45, 7) is 0. The van der Waals surface area contributed by atoms with E-state index in [1.165, 1.54) is 12.1 Å². The van der Waals surface area contributed by atoms with Crippen molar-refractivity contribution in [2.24, 2.45) is 0 Å². The molecular formula is C14H11BrO5S. The first kappa shape index (κ1) is 15.7. The smallest absolute Gasteiger partial charge is 0.371 e. The van der Waals surface area contributed by atoms with Crippen LogP contribution in [0.5, 0.6) is 0 Å². The van der Waals surface area contributed by atoms with Gasteiger partial charge in [-0.3, -0.25) is 9.00 Å². The molecule has 1 aromatic carbocycles. The van der Waals surface area contributed by atoms with Crippen LogP contribution in [0.15, 0.2) is 45.3 Å². The fourth-order valence-electron chi connectivity index (χ4n) is 1.65. The van der Waals surface area contributed by atoms with E-state index in [0.29, 0.717) is 5.56 Å². The van der Waals surface area contributed by atoms with Gasteiger partial charge >= 0.3 is 5.97 Å². The Kier molecular flexibility index (Phi) is 5.08. The van der Waals surface area contributed by atoms with Crippen molar-refractivity contribution in [3.8, 4) is 0 Å². The summed E-state index contributed by atoms with van der Waals surface area (Å²) >= 11 is 3.27. The Bertz CT molecular complexity index is 690. The van der Waals surface area contributed by atoms with Gasteiger partial charge in [0.15, 0.2) is 5.78 Å². The number of furan rings is 1. The van der Waals surface area contributed by atoms with Gasteiger partial charge in [-0.1, -0.05) is 28.1 Å². The van der Waals surface area contributed by atoms with E-state index in [0.717, 1.165) is 4.47 Å². The zero-order chi connectivity index (χ0) is 15.4. The summed E-state index contributed by atoms with van der Waals surface area (Å²) in [6, 6.07) is 9.53. The maximum atomic E-state index is 11.9. The average Bonchev–Trinajstić information content (AvgIpc) is 2.87. The standard InChI is InChI=1S/C14H11BrO5S/c15-10-3-1-9(2-4-10)12(16)8-21(19)7-11-5-6-13(20-11)14(17)18/h1-6H,7-8H2,(H,17,18). The number of hydrogen-bond donors (Lipinski definition) is 1. The molecule has 0 fully saturated rings. The third kappa shape index (κ3) is 4.37. The predicted molar refractivity (Wildman–Crippen MR) is 80.9 cm³/mol. The van der Waals surface area contributed by atoms with Crippen LogP contribution < -0.4 is 0 Å². The maximum Gasteiger partial charge on any atom is 0.371 e. The molecule has 1 heterocycles. The minimum Gasteiger partial charge on any atom is -0.475 e. The lowest BCUT2D eigenvalue weighted by Crippen LogP contribution is -2.12. The van der Waals surface area contributed by atoms with E-state index in [2.05, 4.69) is 15.9 Å². The highest BCUT2D eigenvalue weighted by Crippen LogP contribution is 2.13. The normalized spacial score (nSPS) is 12.0. The van der Waals surface area contributed by atoms with Crippen molar-refractivity contribution in [1.29, 1.82) is 0 Å². The van der Waals surface area contributed by atoms with Crippen molar-refractivity contribution in [2.75, 3.05) is 5.75 Å². The van der Waals surface area contributed by atoms with Crippen LogP contribution in [0.3, 0.4) is 0 Å². The number of hydrogen-bond acceptors (Lipinski definition) is 4. The largest absolute Gasteiger partial charge is 0.475 e. The molecule has 0 bridgehead atoms. The van der Waals surface area contributed by atoms with Gasteiger partial charge in [-0.15, -0.1) is 0 Å². The number of carboxylic acid groups (broad SMARTS) is 1. The molecule has 1 unspecified atom stereocenters. The van der Waals surface area contributed by atoms with Gasteiger partial charge in [0.25, 0.3) is 0 Å². The van der Waals surface area contributed by atoms with Gasteiger partial charge in [0.2, 0.25) is 5.76 Å². The Labute approximate surface area is 131 Å². The Morgan fingerprint density at radius 2 is 1.81 bits per heavy atom. The third-order valence-electron chi connectivity index (χ3n) is 2.63. The highest BCUT2D eigenvalue weighted by atomic mass is 79.9. The molecule has 0 saturated heterocycles. The SMILES string of the molecule is O=C(CS(=O)Cc1ccc(C(=O)O)o1)c1ccc(Br)cc1. The van der Waals surface area contributed by atoms with E-state index in [1.807, 2.05) is 0 Å². The first-order valence-corrected chi connectivity index (χ1v) is 8.19. The Morgan fingerprint density at radius 3 is 2.38 bits per heavy atom. The minimum atomic E-state index is -1.45. The van der Waals surface area contributed by atoms with Crippen molar-refractivity contribution in [3.05, 3.63) is 58.0 Å².